The van der Waals surface area contributed by atoms with E-state index in [0.29, 0.717) is 23.8 Å². The average molecular weight is 249 g/mol. The maximum atomic E-state index is 13.5. The minimum Gasteiger partial charge on any atom is -0.339 e. The van der Waals surface area contributed by atoms with Crippen LogP contribution in [0.15, 0.2) is 28.8 Å². The molecule has 2 rings (SSSR count). The topological polar surface area (TPSA) is 64.9 Å². The molecule has 5 heteroatoms. The van der Waals surface area contributed by atoms with Crippen LogP contribution in [0.5, 0.6) is 0 Å². The van der Waals surface area contributed by atoms with Crippen molar-refractivity contribution in [3.05, 3.63) is 36.0 Å². The summed E-state index contributed by atoms with van der Waals surface area (Å²) in [5.41, 5.74) is 6.26. The highest BCUT2D eigenvalue weighted by molar-refractivity contribution is 5.54. The first kappa shape index (κ1) is 12.7. The summed E-state index contributed by atoms with van der Waals surface area (Å²) in [6.45, 7) is 4.05. The molecule has 0 amide bonds. The Hall–Kier alpha value is -1.75. The maximum Gasteiger partial charge on any atom is 0.228 e. The highest BCUT2D eigenvalue weighted by atomic mass is 19.1. The van der Waals surface area contributed by atoms with Gasteiger partial charge in [0.05, 0.1) is 5.56 Å². The number of aromatic nitrogens is 2. The summed E-state index contributed by atoms with van der Waals surface area (Å²) in [6, 6.07) is 6.29. The molecule has 0 saturated carbocycles. The summed E-state index contributed by atoms with van der Waals surface area (Å²) in [4.78, 5) is 4.17. The Morgan fingerprint density at radius 3 is 2.72 bits per heavy atom. The zero-order chi connectivity index (χ0) is 13.1. The molecule has 1 aromatic heterocycles. The smallest absolute Gasteiger partial charge is 0.228 e. The van der Waals surface area contributed by atoms with Gasteiger partial charge in [0.2, 0.25) is 11.7 Å². The Kier molecular flexibility index (Phi) is 3.72. The molecule has 0 saturated heterocycles. The van der Waals surface area contributed by atoms with Crippen LogP contribution in [0.25, 0.3) is 11.4 Å². The fourth-order valence-corrected chi connectivity index (χ4v) is 1.53. The van der Waals surface area contributed by atoms with E-state index in [1.165, 1.54) is 6.07 Å². The van der Waals surface area contributed by atoms with Crippen molar-refractivity contribution in [3.63, 3.8) is 0 Å². The second-order valence-electron chi connectivity index (χ2n) is 4.60. The summed E-state index contributed by atoms with van der Waals surface area (Å²) in [5, 5.41) is 3.78. The van der Waals surface area contributed by atoms with Gasteiger partial charge < -0.3 is 10.3 Å². The second-order valence-corrected chi connectivity index (χ2v) is 4.60. The molecule has 2 N–H and O–H groups in total. The summed E-state index contributed by atoms with van der Waals surface area (Å²) in [6.07, 6.45) is 0.499. The first-order valence-corrected chi connectivity index (χ1v) is 5.91. The number of benzene rings is 1. The predicted octanol–water partition coefficient (Wildman–Crippen LogP) is 2.40. The molecule has 0 bridgehead atoms. The number of nitrogens with zero attached hydrogens (tertiary/aromatic N) is 2. The second kappa shape index (κ2) is 5.27. The molecule has 4 nitrogen and oxygen atoms in total. The van der Waals surface area contributed by atoms with Crippen LogP contribution < -0.4 is 5.73 Å². The molecular formula is C13H16FN3O. The van der Waals surface area contributed by atoms with Gasteiger partial charge in [-0.2, -0.15) is 4.98 Å². The van der Waals surface area contributed by atoms with Crippen molar-refractivity contribution >= 4 is 0 Å². The minimum absolute atomic E-state index is 0.0427. The lowest BCUT2D eigenvalue weighted by Crippen LogP contribution is -2.28. The Balaban J connectivity index is 2.18. The molecule has 18 heavy (non-hydrogen) atoms. The Morgan fingerprint density at radius 2 is 2.06 bits per heavy atom. The van der Waals surface area contributed by atoms with E-state index < -0.39 is 0 Å². The molecule has 1 unspecified atom stereocenters. The Morgan fingerprint density at radius 1 is 1.33 bits per heavy atom. The van der Waals surface area contributed by atoms with Crippen LogP contribution in [0, 0.1) is 11.7 Å². The molecule has 1 heterocycles. The third-order valence-corrected chi connectivity index (χ3v) is 2.85. The van der Waals surface area contributed by atoms with Gasteiger partial charge in [-0.1, -0.05) is 31.1 Å². The van der Waals surface area contributed by atoms with E-state index in [4.69, 9.17) is 10.3 Å². The van der Waals surface area contributed by atoms with E-state index >= 15 is 0 Å². The standard InChI is InChI=1S/C13H16FN3O/c1-8(2)11(15)7-12-16-13(17-18-12)9-5-3-4-6-10(9)14/h3-6,8,11H,7,15H2,1-2H3. The molecule has 0 aliphatic carbocycles. The van der Waals surface area contributed by atoms with Crippen LogP contribution in [-0.2, 0) is 6.42 Å². The van der Waals surface area contributed by atoms with Crippen LogP contribution in [0.4, 0.5) is 4.39 Å². The first-order valence-electron chi connectivity index (χ1n) is 5.91. The van der Waals surface area contributed by atoms with E-state index in [1.54, 1.807) is 18.2 Å². The van der Waals surface area contributed by atoms with E-state index in [1.807, 2.05) is 13.8 Å². The molecule has 0 spiro atoms. The van der Waals surface area contributed by atoms with Crippen molar-refractivity contribution in [3.8, 4) is 11.4 Å². The highest BCUT2D eigenvalue weighted by Gasteiger charge is 2.16. The van der Waals surface area contributed by atoms with Gasteiger partial charge in [-0.25, -0.2) is 4.39 Å². The first-order chi connectivity index (χ1) is 8.58. The lowest BCUT2D eigenvalue weighted by molar-refractivity contribution is 0.353. The van der Waals surface area contributed by atoms with Crippen molar-refractivity contribution in [2.45, 2.75) is 26.3 Å². The predicted molar refractivity (Wildman–Crippen MR) is 66.2 cm³/mol. The van der Waals surface area contributed by atoms with Crippen molar-refractivity contribution in [1.82, 2.24) is 10.1 Å². The van der Waals surface area contributed by atoms with Gasteiger partial charge in [-0.15, -0.1) is 0 Å². The zero-order valence-corrected chi connectivity index (χ0v) is 10.4. The van der Waals surface area contributed by atoms with Crippen molar-refractivity contribution < 1.29 is 8.91 Å². The third-order valence-electron chi connectivity index (χ3n) is 2.85. The lowest BCUT2D eigenvalue weighted by Gasteiger charge is -2.11. The van der Waals surface area contributed by atoms with Crippen LogP contribution in [0.2, 0.25) is 0 Å². The quantitative estimate of drug-likeness (QED) is 0.903. The lowest BCUT2D eigenvalue weighted by atomic mass is 10.0. The van der Waals surface area contributed by atoms with Crippen LogP contribution in [0.3, 0.4) is 0 Å². The largest absolute Gasteiger partial charge is 0.339 e. The fraction of sp³-hybridized carbons (Fsp3) is 0.385. The number of hydrogen-bond acceptors (Lipinski definition) is 4. The van der Waals surface area contributed by atoms with Crippen molar-refractivity contribution in [2.75, 3.05) is 0 Å². The number of hydrogen-bond donors (Lipinski definition) is 1. The molecule has 2 aromatic rings. The van der Waals surface area contributed by atoms with Gasteiger partial charge in [0, 0.05) is 12.5 Å². The van der Waals surface area contributed by atoms with E-state index in [9.17, 15) is 4.39 Å². The van der Waals surface area contributed by atoms with Crippen LogP contribution in [0.1, 0.15) is 19.7 Å². The maximum absolute atomic E-state index is 13.5. The third kappa shape index (κ3) is 2.73. The highest BCUT2D eigenvalue weighted by Crippen LogP contribution is 2.19. The molecule has 0 fully saturated rings. The molecular weight excluding hydrogens is 233 g/mol. The zero-order valence-electron chi connectivity index (χ0n) is 10.4. The molecule has 1 aromatic carbocycles. The fourth-order valence-electron chi connectivity index (χ4n) is 1.53. The molecule has 0 radical (unpaired) electrons. The van der Waals surface area contributed by atoms with Gasteiger partial charge in [-0.05, 0) is 18.1 Å². The molecule has 96 valence electrons. The number of rotatable bonds is 4. The van der Waals surface area contributed by atoms with Crippen molar-refractivity contribution in [1.29, 1.82) is 0 Å². The van der Waals surface area contributed by atoms with Crippen LogP contribution in [-0.4, -0.2) is 16.2 Å². The summed E-state index contributed by atoms with van der Waals surface area (Å²) in [5.74, 6) is 0.667. The SMILES string of the molecule is CC(C)C(N)Cc1nc(-c2ccccc2F)no1. The van der Waals surface area contributed by atoms with E-state index in [-0.39, 0.29) is 17.7 Å². The van der Waals surface area contributed by atoms with Crippen molar-refractivity contribution in [2.24, 2.45) is 11.7 Å². The number of halogens is 1. The van der Waals surface area contributed by atoms with E-state index in [0.717, 1.165) is 0 Å². The van der Waals surface area contributed by atoms with Gasteiger partial charge in [0.1, 0.15) is 5.82 Å². The minimum atomic E-state index is -0.363. The Bertz CT molecular complexity index is 524. The summed E-state index contributed by atoms with van der Waals surface area (Å²) >= 11 is 0. The van der Waals surface area contributed by atoms with Crippen LogP contribution >= 0.6 is 0 Å². The Labute approximate surface area is 105 Å². The molecule has 0 aliphatic heterocycles. The monoisotopic (exact) mass is 249 g/mol. The average Bonchev–Trinajstić information content (AvgIpc) is 2.77. The van der Waals surface area contributed by atoms with E-state index in [2.05, 4.69) is 10.1 Å². The van der Waals surface area contributed by atoms with Gasteiger partial charge in [0.15, 0.2) is 0 Å². The normalized spacial score (nSPS) is 12.9. The van der Waals surface area contributed by atoms with Gasteiger partial charge >= 0.3 is 0 Å². The number of nitrogens with two attached hydrogens (primary N) is 1. The summed E-state index contributed by atoms with van der Waals surface area (Å²) < 4.78 is 18.6. The summed E-state index contributed by atoms with van der Waals surface area (Å²) in [7, 11) is 0. The van der Waals surface area contributed by atoms with Gasteiger partial charge in [0.25, 0.3) is 0 Å². The molecule has 1 atom stereocenters. The van der Waals surface area contributed by atoms with Gasteiger partial charge in [-0.3, -0.25) is 0 Å². The molecule has 0 aliphatic rings.